The van der Waals surface area contributed by atoms with Crippen LogP contribution in [0, 0.1) is 12.8 Å². The number of aryl methyl sites for hydroxylation is 1. The quantitative estimate of drug-likeness (QED) is 0.853. The molecule has 0 spiro atoms. The average Bonchev–Trinajstić information content (AvgIpc) is 3.05. The van der Waals surface area contributed by atoms with E-state index < -0.39 is 0 Å². The van der Waals surface area contributed by atoms with Gasteiger partial charge in [-0.25, -0.2) is 9.97 Å². The normalized spacial score (nSPS) is 17.9. The van der Waals surface area contributed by atoms with Gasteiger partial charge >= 0.3 is 0 Å². The number of hydrogen-bond acceptors (Lipinski definition) is 4. The Morgan fingerprint density at radius 2 is 1.92 bits per heavy atom. The molecule has 2 aliphatic rings. The molecule has 1 aromatic heterocycles. The van der Waals surface area contributed by atoms with Crippen molar-refractivity contribution in [2.75, 3.05) is 29.4 Å². The highest BCUT2D eigenvalue weighted by Gasteiger charge is 2.32. The predicted octanol–water partition coefficient (Wildman–Crippen LogP) is 2.59. The first-order chi connectivity index (χ1) is 11.7. The second-order valence-electron chi connectivity index (χ2n) is 6.59. The zero-order valence-corrected chi connectivity index (χ0v) is 14.0. The first-order valence-corrected chi connectivity index (χ1v) is 8.66. The minimum atomic E-state index is 0.121. The molecule has 4 rings (SSSR count). The number of carbonyl (C=O) groups excluding carboxylic acids is 1. The van der Waals surface area contributed by atoms with Gasteiger partial charge in [-0.15, -0.1) is 0 Å². The van der Waals surface area contributed by atoms with Crippen LogP contribution < -0.4 is 9.80 Å². The van der Waals surface area contributed by atoms with Gasteiger partial charge in [-0.1, -0.05) is 18.2 Å². The number of fused-ring (bicyclic) bond motifs is 1. The fourth-order valence-electron chi connectivity index (χ4n) is 3.76. The minimum Gasteiger partial charge on any atom is -0.356 e. The fraction of sp³-hybridized carbons (Fsp3) is 0.421. The summed E-state index contributed by atoms with van der Waals surface area (Å²) in [5, 5.41) is 0. The van der Waals surface area contributed by atoms with Crippen molar-refractivity contribution in [3.63, 3.8) is 0 Å². The molecule has 2 aromatic rings. The molecule has 1 aromatic carbocycles. The zero-order chi connectivity index (χ0) is 16.5. The van der Waals surface area contributed by atoms with Crippen molar-refractivity contribution >= 4 is 17.4 Å². The van der Waals surface area contributed by atoms with Crippen LogP contribution >= 0.6 is 0 Å². The van der Waals surface area contributed by atoms with Gasteiger partial charge in [0, 0.05) is 37.4 Å². The van der Waals surface area contributed by atoms with Crippen molar-refractivity contribution in [3.8, 4) is 0 Å². The van der Waals surface area contributed by atoms with E-state index in [9.17, 15) is 4.79 Å². The van der Waals surface area contributed by atoms with Gasteiger partial charge in [0.25, 0.3) is 0 Å². The number of benzene rings is 1. The molecule has 3 heterocycles. The minimum absolute atomic E-state index is 0.121. The molecule has 1 fully saturated rings. The topological polar surface area (TPSA) is 49.3 Å². The summed E-state index contributed by atoms with van der Waals surface area (Å²) < 4.78 is 0. The molecule has 5 heteroatoms. The van der Waals surface area contributed by atoms with Crippen LogP contribution in [-0.2, 0) is 11.2 Å². The van der Waals surface area contributed by atoms with E-state index in [1.165, 1.54) is 5.56 Å². The van der Waals surface area contributed by atoms with Gasteiger partial charge in [0.2, 0.25) is 5.91 Å². The van der Waals surface area contributed by atoms with Crippen LogP contribution in [0.5, 0.6) is 0 Å². The lowest BCUT2D eigenvalue weighted by Gasteiger charge is -2.34. The molecule has 5 nitrogen and oxygen atoms in total. The van der Waals surface area contributed by atoms with Crippen LogP contribution in [0.3, 0.4) is 0 Å². The van der Waals surface area contributed by atoms with Gasteiger partial charge in [0.15, 0.2) is 0 Å². The lowest BCUT2D eigenvalue weighted by atomic mass is 9.95. The Morgan fingerprint density at radius 1 is 1.12 bits per heavy atom. The summed E-state index contributed by atoms with van der Waals surface area (Å²) in [5.74, 6) is 2.17. The molecule has 0 N–H and O–H groups in total. The lowest BCUT2D eigenvalue weighted by Crippen LogP contribution is -2.42. The van der Waals surface area contributed by atoms with Crippen LogP contribution in [0.2, 0.25) is 0 Å². The summed E-state index contributed by atoms with van der Waals surface area (Å²) in [6.45, 7) is 4.48. The Balaban J connectivity index is 1.42. The Labute approximate surface area is 142 Å². The van der Waals surface area contributed by atoms with E-state index in [1.54, 1.807) is 6.20 Å². The van der Waals surface area contributed by atoms with Gasteiger partial charge < -0.3 is 9.80 Å². The van der Waals surface area contributed by atoms with Crippen molar-refractivity contribution in [1.29, 1.82) is 0 Å². The molecule has 24 heavy (non-hydrogen) atoms. The highest BCUT2D eigenvalue weighted by Crippen LogP contribution is 2.31. The summed E-state index contributed by atoms with van der Waals surface area (Å²) in [5.41, 5.74) is 2.40. The Kier molecular flexibility index (Phi) is 3.92. The van der Waals surface area contributed by atoms with E-state index in [0.717, 1.165) is 56.2 Å². The van der Waals surface area contributed by atoms with E-state index in [4.69, 9.17) is 0 Å². The lowest BCUT2D eigenvalue weighted by molar-refractivity contribution is -0.122. The van der Waals surface area contributed by atoms with Crippen molar-refractivity contribution in [1.82, 2.24) is 9.97 Å². The number of rotatable bonds is 2. The number of carbonyl (C=O) groups is 1. The van der Waals surface area contributed by atoms with E-state index in [1.807, 2.05) is 24.0 Å². The average molecular weight is 322 g/mol. The zero-order valence-electron chi connectivity index (χ0n) is 14.0. The van der Waals surface area contributed by atoms with Gasteiger partial charge in [-0.05, 0) is 43.9 Å². The standard InChI is InChI=1S/C19H22N4O/c1-14-20-10-6-18(21-14)22-11-7-16(8-12-22)19(24)23-13-9-15-4-2-3-5-17(15)23/h2-6,10,16H,7-9,11-13H2,1H3. The van der Waals surface area contributed by atoms with Gasteiger partial charge in [-0.3, -0.25) is 4.79 Å². The van der Waals surface area contributed by atoms with Crippen LogP contribution in [0.25, 0.3) is 0 Å². The predicted molar refractivity (Wildman–Crippen MR) is 94.2 cm³/mol. The maximum absolute atomic E-state index is 12.9. The molecular weight excluding hydrogens is 300 g/mol. The van der Waals surface area contributed by atoms with Crippen LogP contribution in [-0.4, -0.2) is 35.5 Å². The third-order valence-corrected chi connectivity index (χ3v) is 5.08. The van der Waals surface area contributed by atoms with E-state index in [-0.39, 0.29) is 5.92 Å². The van der Waals surface area contributed by atoms with Crippen molar-refractivity contribution < 1.29 is 4.79 Å². The number of hydrogen-bond donors (Lipinski definition) is 0. The largest absolute Gasteiger partial charge is 0.356 e. The second kappa shape index (κ2) is 6.23. The molecule has 0 aliphatic carbocycles. The monoisotopic (exact) mass is 322 g/mol. The highest BCUT2D eigenvalue weighted by atomic mass is 16.2. The molecule has 0 unspecified atom stereocenters. The van der Waals surface area contributed by atoms with E-state index in [0.29, 0.717) is 5.91 Å². The SMILES string of the molecule is Cc1nccc(N2CCC(C(=O)N3CCc4ccccc43)CC2)n1. The first-order valence-electron chi connectivity index (χ1n) is 8.66. The molecule has 0 radical (unpaired) electrons. The maximum atomic E-state index is 12.9. The molecule has 0 saturated carbocycles. The highest BCUT2D eigenvalue weighted by molar-refractivity contribution is 5.97. The summed E-state index contributed by atoms with van der Waals surface area (Å²) in [7, 11) is 0. The summed E-state index contributed by atoms with van der Waals surface area (Å²) >= 11 is 0. The number of nitrogens with zero attached hydrogens (tertiary/aromatic N) is 4. The summed E-state index contributed by atoms with van der Waals surface area (Å²) in [4.78, 5) is 25.8. The third kappa shape index (κ3) is 2.75. The summed E-state index contributed by atoms with van der Waals surface area (Å²) in [6, 6.07) is 10.2. The molecule has 2 aliphatic heterocycles. The first kappa shape index (κ1) is 15.1. The number of anilines is 2. The van der Waals surface area contributed by atoms with Crippen molar-refractivity contribution in [2.24, 2.45) is 5.92 Å². The van der Waals surface area contributed by atoms with E-state index >= 15 is 0 Å². The number of aromatic nitrogens is 2. The van der Waals surface area contributed by atoms with Gasteiger partial charge in [0.05, 0.1) is 0 Å². The Morgan fingerprint density at radius 3 is 2.71 bits per heavy atom. The molecule has 124 valence electrons. The maximum Gasteiger partial charge on any atom is 0.230 e. The van der Waals surface area contributed by atoms with Crippen LogP contribution in [0.4, 0.5) is 11.5 Å². The number of amides is 1. The summed E-state index contributed by atoms with van der Waals surface area (Å²) in [6.07, 6.45) is 4.55. The van der Waals surface area contributed by atoms with Crippen LogP contribution in [0.1, 0.15) is 24.2 Å². The van der Waals surface area contributed by atoms with Gasteiger partial charge in [-0.2, -0.15) is 0 Å². The third-order valence-electron chi connectivity index (χ3n) is 5.08. The molecule has 1 saturated heterocycles. The Hall–Kier alpha value is -2.43. The number of para-hydroxylation sites is 1. The Bertz CT molecular complexity index is 753. The van der Waals surface area contributed by atoms with Crippen LogP contribution in [0.15, 0.2) is 36.5 Å². The second-order valence-corrected chi connectivity index (χ2v) is 6.59. The van der Waals surface area contributed by atoms with Crippen molar-refractivity contribution in [3.05, 3.63) is 47.9 Å². The smallest absolute Gasteiger partial charge is 0.230 e. The van der Waals surface area contributed by atoms with Gasteiger partial charge in [0.1, 0.15) is 11.6 Å². The molecule has 0 bridgehead atoms. The van der Waals surface area contributed by atoms with Crippen molar-refractivity contribution in [2.45, 2.75) is 26.2 Å². The molecule has 0 atom stereocenters. The molecular formula is C19H22N4O. The van der Waals surface area contributed by atoms with E-state index in [2.05, 4.69) is 33.1 Å². The fourth-order valence-corrected chi connectivity index (χ4v) is 3.76. The number of piperidine rings is 1. The molecule has 1 amide bonds.